The maximum atomic E-state index is 2.58. The van der Waals surface area contributed by atoms with Gasteiger partial charge in [-0.2, -0.15) is 0 Å². The molecule has 0 aromatic carbocycles. The standard InChI is InChI=1S/2C9H19N.2C5H12/c2*1-9(2,3)10-7-5-4-6-8-10;2*1-5(2,3)4/h2*4-8H2,1-3H3;2*1-4H3. The molecular weight excluding hydrogens is 364 g/mol. The van der Waals surface area contributed by atoms with Gasteiger partial charge in [0, 0.05) is 11.1 Å². The van der Waals surface area contributed by atoms with Crippen LogP contribution in [0.5, 0.6) is 0 Å². The number of likely N-dealkylation sites (tertiary alicyclic amines) is 2. The van der Waals surface area contributed by atoms with E-state index in [0.29, 0.717) is 21.9 Å². The third-order valence-corrected chi connectivity index (χ3v) is 4.61. The molecule has 0 radical (unpaired) electrons. The van der Waals surface area contributed by atoms with Crippen molar-refractivity contribution in [2.45, 2.75) is 147 Å². The van der Waals surface area contributed by atoms with Gasteiger partial charge < -0.3 is 0 Å². The van der Waals surface area contributed by atoms with Gasteiger partial charge >= 0.3 is 0 Å². The summed E-state index contributed by atoms with van der Waals surface area (Å²) in [7, 11) is 0. The molecule has 2 heteroatoms. The highest BCUT2D eigenvalue weighted by atomic mass is 15.2. The highest BCUT2D eigenvalue weighted by molar-refractivity contribution is 4.79. The Bertz CT molecular complexity index is 334. The quantitative estimate of drug-likeness (QED) is 0.382. The summed E-state index contributed by atoms with van der Waals surface area (Å²) in [6, 6.07) is 0. The van der Waals surface area contributed by atoms with E-state index >= 15 is 0 Å². The second kappa shape index (κ2) is 14.1. The second-order valence-corrected chi connectivity index (χ2v) is 14.4. The first kappa shape index (κ1) is 32.1. The van der Waals surface area contributed by atoms with Crippen molar-refractivity contribution in [3.05, 3.63) is 0 Å². The van der Waals surface area contributed by atoms with Crippen molar-refractivity contribution in [2.24, 2.45) is 10.8 Å². The topological polar surface area (TPSA) is 6.48 Å². The molecule has 2 aliphatic heterocycles. The first-order chi connectivity index (χ1) is 13.2. The molecule has 30 heavy (non-hydrogen) atoms. The first-order valence-corrected chi connectivity index (χ1v) is 12.7. The van der Waals surface area contributed by atoms with Gasteiger partial charge in [-0.05, 0) is 104 Å². The van der Waals surface area contributed by atoms with Gasteiger partial charge in [0.15, 0.2) is 0 Å². The minimum atomic E-state index is 0.403. The molecule has 184 valence electrons. The molecule has 0 saturated carbocycles. The van der Waals surface area contributed by atoms with Crippen molar-refractivity contribution in [2.75, 3.05) is 26.2 Å². The lowest BCUT2D eigenvalue weighted by Gasteiger charge is -2.38. The summed E-state index contributed by atoms with van der Waals surface area (Å²) in [5, 5.41) is 0. The maximum absolute atomic E-state index is 2.58. The van der Waals surface area contributed by atoms with E-state index in [0.717, 1.165) is 0 Å². The molecule has 2 aliphatic rings. The molecule has 0 atom stereocenters. The highest BCUT2D eigenvalue weighted by Gasteiger charge is 2.22. The lowest BCUT2D eigenvalue weighted by atomic mass is 10.0. The molecule has 0 aromatic rings. The van der Waals surface area contributed by atoms with E-state index in [2.05, 4.69) is 107 Å². The van der Waals surface area contributed by atoms with E-state index in [1.807, 2.05) is 0 Å². The van der Waals surface area contributed by atoms with E-state index in [-0.39, 0.29) is 0 Å². The molecule has 2 heterocycles. The Labute approximate surface area is 193 Å². The highest BCUT2D eigenvalue weighted by Crippen LogP contribution is 2.20. The van der Waals surface area contributed by atoms with Gasteiger partial charge in [-0.25, -0.2) is 0 Å². The molecule has 0 N–H and O–H groups in total. The van der Waals surface area contributed by atoms with Gasteiger partial charge in [0.05, 0.1) is 0 Å². The van der Waals surface area contributed by atoms with Gasteiger partial charge in [-0.15, -0.1) is 0 Å². The predicted octanol–water partition coefficient (Wildman–Crippen LogP) is 8.65. The van der Waals surface area contributed by atoms with Gasteiger partial charge in [-0.1, -0.05) is 68.2 Å². The number of hydrogen-bond acceptors (Lipinski definition) is 2. The molecule has 0 spiro atoms. The van der Waals surface area contributed by atoms with Crippen LogP contribution in [0.4, 0.5) is 0 Å². The zero-order chi connectivity index (χ0) is 24.2. The number of piperidine rings is 2. The van der Waals surface area contributed by atoms with Crippen LogP contribution in [-0.2, 0) is 0 Å². The Morgan fingerprint density at radius 2 is 0.500 bits per heavy atom. The Balaban J connectivity index is 0. The molecule has 0 amide bonds. The van der Waals surface area contributed by atoms with Crippen molar-refractivity contribution < 1.29 is 0 Å². The van der Waals surface area contributed by atoms with Crippen LogP contribution >= 0.6 is 0 Å². The first-order valence-electron chi connectivity index (χ1n) is 12.7. The summed E-state index contributed by atoms with van der Waals surface area (Å²) < 4.78 is 0. The number of rotatable bonds is 0. The lowest BCUT2D eigenvalue weighted by Crippen LogP contribution is -2.44. The van der Waals surface area contributed by atoms with Gasteiger partial charge in [0.1, 0.15) is 0 Å². The summed E-state index contributed by atoms with van der Waals surface area (Å²) in [6.45, 7) is 36.6. The lowest BCUT2D eigenvalue weighted by molar-refractivity contribution is 0.110. The summed E-state index contributed by atoms with van der Waals surface area (Å²) in [5.74, 6) is 0. The average molecular weight is 427 g/mol. The third-order valence-electron chi connectivity index (χ3n) is 4.61. The number of nitrogens with zero attached hydrogens (tertiary/aromatic N) is 2. The predicted molar refractivity (Wildman–Crippen MR) is 141 cm³/mol. The molecule has 0 unspecified atom stereocenters. The maximum Gasteiger partial charge on any atom is 0.0125 e. The summed E-state index contributed by atoms with van der Waals surface area (Å²) in [5.41, 5.74) is 1.81. The van der Waals surface area contributed by atoms with Crippen molar-refractivity contribution in [3.63, 3.8) is 0 Å². The molecule has 0 aromatic heterocycles. The second-order valence-electron chi connectivity index (χ2n) is 14.4. The summed E-state index contributed by atoms with van der Waals surface area (Å²) in [6.07, 6.45) is 8.47. The van der Waals surface area contributed by atoms with Gasteiger partial charge in [-0.3, -0.25) is 9.80 Å². The summed E-state index contributed by atoms with van der Waals surface area (Å²) in [4.78, 5) is 5.16. The molecule has 2 rings (SSSR count). The Kier molecular flexibility index (Phi) is 15.1. The van der Waals surface area contributed by atoms with E-state index in [1.165, 1.54) is 64.7 Å². The number of hydrogen-bond donors (Lipinski definition) is 0. The third kappa shape index (κ3) is 26.0. The summed E-state index contributed by atoms with van der Waals surface area (Å²) >= 11 is 0. The van der Waals surface area contributed by atoms with Crippen LogP contribution in [0.3, 0.4) is 0 Å². The smallest absolute Gasteiger partial charge is 0.0125 e. The van der Waals surface area contributed by atoms with E-state index in [1.54, 1.807) is 0 Å². The molecule has 0 bridgehead atoms. The van der Waals surface area contributed by atoms with Gasteiger partial charge in [0.25, 0.3) is 0 Å². The minimum absolute atomic E-state index is 0.403. The molecule has 2 saturated heterocycles. The largest absolute Gasteiger partial charge is 0.298 e. The van der Waals surface area contributed by atoms with E-state index < -0.39 is 0 Å². The van der Waals surface area contributed by atoms with Crippen LogP contribution in [0.15, 0.2) is 0 Å². The van der Waals surface area contributed by atoms with Gasteiger partial charge in [0.2, 0.25) is 0 Å². The Hall–Kier alpha value is -0.0800. The van der Waals surface area contributed by atoms with Crippen LogP contribution in [0.2, 0.25) is 0 Å². The van der Waals surface area contributed by atoms with Crippen LogP contribution in [-0.4, -0.2) is 47.1 Å². The van der Waals surface area contributed by atoms with E-state index in [4.69, 9.17) is 0 Å². The molecule has 0 aliphatic carbocycles. The monoisotopic (exact) mass is 426 g/mol. The van der Waals surface area contributed by atoms with Crippen molar-refractivity contribution >= 4 is 0 Å². The minimum Gasteiger partial charge on any atom is -0.298 e. The Morgan fingerprint density at radius 3 is 0.600 bits per heavy atom. The van der Waals surface area contributed by atoms with Crippen molar-refractivity contribution in [1.29, 1.82) is 0 Å². The van der Waals surface area contributed by atoms with Crippen molar-refractivity contribution in [3.8, 4) is 0 Å². The molecular formula is C28H62N2. The van der Waals surface area contributed by atoms with Crippen molar-refractivity contribution in [1.82, 2.24) is 9.80 Å². The van der Waals surface area contributed by atoms with Crippen LogP contribution < -0.4 is 0 Å². The fourth-order valence-electron chi connectivity index (χ4n) is 3.13. The zero-order valence-corrected chi connectivity index (χ0v) is 24.0. The van der Waals surface area contributed by atoms with Crippen LogP contribution in [0.25, 0.3) is 0 Å². The fourth-order valence-corrected chi connectivity index (χ4v) is 3.13. The fraction of sp³-hybridized carbons (Fsp3) is 1.00. The average Bonchev–Trinajstić information content (AvgIpc) is 2.52. The zero-order valence-electron chi connectivity index (χ0n) is 24.0. The van der Waals surface area contributed by atoms with E-state index in [9.17, 15) is 0 Å². The normalized spacial score (nSPS) is 19.4. The molecule has 2 nitrogen and oxygen atoms in total. The van der Waals surface area contributed by atoms with Crippen LogP contribution in [0, 0.1) is 10.8 Å². The Morgan fingerprint density at radius 1 is 0.333 bits per heavy atom. The van der Waals surface area contributed by atoms with Crippen LogP contribution in [0.1, 0.15) is 135 Å². The molecule has 2 fully saturated rings. The SMILES string of the molecule is CC(C)(C)C.CC(C)(C)C.CC(C)(C)N1CCCCC1.CC(C)(C)N1CCCCC1.